The van der Waals surface area contributed by atoms with Crippen molar-refractivity contribution in [2.75, 3.05) is 7.11 Å². The molecule has 0 bridgehead atoms. The summed E-state index contributed by atoms with van der Waals surface area (Å²) in [5.41, 5.74) is 0.689. The predicted octanol–water partition coefficient (Wildman–Crippen LogP) is 2.60. The lowest BCUT2D eigenvalue weighted by atomic mass is 10.2. The quantitative estimate of drug-likeness (QED) is 0.383. The lowest BCUT2D eigenvalue weighted by molar-refractivity contribution is -0.136. The molecule has 6 nitrogen and oxygen atoms in total. The van der Waals surface area contributed by atoms with E-state index in [1.807, 2.05) is 6.07 Å². The van der Waals surface area contributed by atoms with Crippen molar-refractivity contribution in [1.82, 2.24) is 0 Å². The molecule has 0 saturated carbocycles. The molecule has 1 aromatic rings. The number of aliphatic hydroxyl groups is 1. The van der Waals surface area contributed by atoms with E-state index in [1.54, 1.807) is 24.3 Å². The molecule has 0 fully saturated rings. The molecule has 0 aliphatic heterocycles. The van der Waals surface area contributed by atoms with Crippen LogP contribution in [-0.4, -0.2) is 18.2 Å². The predicted molar refractivity (Wildman–Crippen MR) is 63.0 cm³/mol. The van der Waals surface area contributed by atoms with Crippen molar-refractivity contribution in [3.05, 3.63) is 41.3 Å². The van der Waals surface area contributed by atoms with E-state index in [9.17, 15) is 9.90 Å². The standard InChI is InChI=1S/C12H11N3O3/c1-8(16)11(12(17)18-2)15-14-10-5-3-9(7-13)4-6-10/h3-6,16H,1-2H3/b11-8+,15-14?. The number of allylic oxidation sites excluding steroid dienone is 1. The number of carbonyl (C=O) groups excluding carboxylic acids is 1. The molecule has 0 aliphatic rings. The smallest absolute Gasteiger partial charge is 0.362 e. The Labute approximate surface area is 104 Å². The van der Waals surface area contributed by atoms with Crippen LogP contribution in [0, 0.1) is 11.3 Å². The van der Waals surface area contributed by atoms with Gasteiger partial charge in [-0.25, -0.2) is 4.79 Å². The van der Waals surface area contributed by atoms with Crippen LogP contribution in [0.4, 0.5) is 5.69 Å². The Morgan fingerprint density at radius 2 is 2.00 bits per heavy atom. The van der Waals surface area contributed by atoms with Gasteiger partial charge in [0, 0.05) is 0 Å². The number of hydrogen-bond donors (Lipinski definition) is 1. The first kappa shape index (κ1) is 13.4. The Balaban J connectivity index is 2.94. The highest BCUT2D eigenvalue weighted by atomic mass is 16.5. The molecule has 1 N–H and O–H groups in total. The van der Waals surface area contributed by atoms with Crippen LogP contribution in [0.25, 0.3) is 0 Å². The van der Waals surface area contributed by atoms with Crippen LogP contribution in [0.2, 0.25) is 0 Å². The molecule has 0 aromatic heterocycles. The third-order valence-corrected chi connectivity index (χ3v) is 1.98. The van der Waals surface area contributed by atoms with Crippen LogP contribution in [0.15, 0.2) is 46.0 Å². The lowest BCUT2D eigenvalue weighted by Gasteiger charge is -1.99. The van der Waals surface area contributed by atoms with Gasteiger partial charge < -0.3 is 9.84 Å². The molecule has 0 saturated heterocycles. The zero-order valence-corrected chi connectivity index (χ0v) is 9.91. The van der Waals surface area contributed by atoms with E-state index >= 15 is 0 Å². The summed E-state index contributed by atoms with van der Waals surface area (Å²) in [5.74, 6) is -1.05. The maximum atomic E-state index is 11.2. The van der Waals surface area contributed by atoms with E-state index in [4.69, 9.17) is 5.26 Å². The molecule has 0 spiro atoms. The van der Waals surface area contributed by atoms with Crippen molar-refractivity contribution in [1.29, 1.82) is 5.26 Å². The third kappa shape index (κ3) is 3.42. The van der Waals surface area contributed by atoms with E-state index in [2.05, 4.69) is 15.0 Å². The zero-order chi connectivity index (χ0) is 13.5. The van der Waals surface area contributed by atoms with Gasteiger partial charge in [-0.15, -0.1) is 5.11 Å². The SMILES string of the molecule is COC(=O)/C(N=Nc1ccc(C#N)cc1)=C(/C)O. The van der Waals surface area contributed by atoms with Gasteiger partial charge >= 0.3 is 5.97 Å². The summed E-state index contributed by atoms with van der Waals surface area (Å²) in [5, 5.41) is 25.3. The Morgan fingerprint density at radius 1 is 1.39 bits per heavy atom. The number of hydrogen-bond acceptors (Lipinski definition) is 6. The molecular weight excluding hydrogens is 234 g/mol. The van der Waals surface area contributed by atoms with Gasteiger partial charge in [0.1, 0.15) is 5.76 Å². The molecule has 0 atom stereocenters. The van der Waals surface area contributed by atoms with Gasteiger partial charge in [0.25, 0.3) is 0 Å². The monoisotopic (exact) mass is 245 g/mol. The minimum absolute atomic E-state index is 0.262. The number of carbonyl (C=O) groups is 1. The van der Waals surface area contributed by atoms with Crippen molar-refractivity contribution in [3.8, 4) is 6.07 Å². The fraction of sp³-hybridized carbons (Fsp3) is 0.167. The van der Waals surface area contributed by atoms with Gasteiger partial charge in [0.05, 0.1) is 24.4 Å². The summed E-state index contributed by atoms with van der Waals surface area (Å²) in [6.07, 6.45) is 0. The maximum absolute atomic E-state index is 11.2. The molecule has 1 rings (SSSR count). The number of methoxy groups -OCH3 is 1. The normalized spacial score (nSPS) is 11.8. The van der Waals surface area contributed by atoms with E-state index in [1.165, 1.54) is 14.0 Å². The number of ether oxygens (including phenoxy) is 1. The molecule has 0 radical (unpaired) electrons. The van der Waals surface area contributed by atoms with Crippen molar-refractivity contribution < 1.29 is 14.6 Å². The van der Waals surface area contributed by atoms with E-state index in [0.29, 0.717) is 11.3 Å². The summed E-state index contributed by atoms with van der Waals surface area (Å²) in [6.45, 7) is 1.31. The molecule has 92 valence electrons. The number of esters is 1. The average molecular weight is 245 g/mol. The Morgan fingerprint density at radius 3 is 2.44 bits per heavy atom. The molecule has 0 heterocycles. The maximum Gasteiger partial charge on any atom is 0.362 e. The fourth-order valence-corrected chi connectivity index (χ4v) is 1.07. The van der Waals surface area contributed by atoms with Gasteiger partial charge in [0.15, 0.2) is 0 Å². The summed E-state index contributed by atoms with van der Waals surface area (Å²) in [4.78, 5) is 11.2. The number of nitriles is 1. The number of aliphatic hydroxyl groups excluding tert-OH is 1. The van der Waals surface area contributed by atoms with Crippen LogP contribution in [-0.2, 0) is 9.53 Å². The van der Waals surface area contributed by atoms with E-state index in [-0.39, 0.29) is 11.5 Å². The average Bonchev–Trinajstić information content (AvgIpc) is 2.39. The van der Waals surface area contributed by atoms with Crippen molar-refractivity contribution in [2.45, 2.75) is 6.92 Å². The first-order valence-electron chi connectivity index (χ1n) is 4.98. The first-order valence-corrected chi connectivity index (χ1v) is 4.98. The minimum Gasteiger partial charge on any atom is -0.510 e. The van der Waals surface area contributed by atoms with Crippen molar-refractivity contribution in [3.63, 3.8) is 0 Å². The second kappa shape index (κ2) is 6.15. The largest absolute Gasteiger partial charge is 0.510 e. The van der Waals surface area contributed by atoms with Crippen LogP contribution >= 0.6 is 0 Å². The minimum atomic E-state index is -0.771. The summed E-state index contributed by atoms with van der Waals surface area (Å²) >= 11 is 0. The molecule has 0 aliphatic carbocycles. The van der Waals surface area contributed by atoms with Gasteiger partial charge in [-0.3, -0.25) is 0 Å². The summed E-state index contributed by atoms with van der Waals surface area (Å²) in [7, 11) is 1.18. The van der Waals surface area contributed by atoms with Crippen LogP contribution in [0.1, 0.15) is 12.5 Å². The number of nitrogens with zero attached hydrogens (tertiary/aromatic N) is 3. The Kier molecular flexibility index (Phi) is 4.58. The molecule has 18 heavy (non-hydrogen) atoms. The van der Waals surface area contributed by atoms with Crippen LogP contribution in [0.5, 0.6) is 0 Å². The van der Waals surface area contributed by atoms with Crippen LogP contribution < -0.4 is 0 Å². The summed E-state index contributed by atoms with van der Waals surface area (Å²) in [6, 6.07) is 8.26. The topological polar surface area (TPSA) is 95.0 Å². The zero-order valence-electron chi connectivity index (χ0n) is 9.91. The first-order chi connectivity index (χ1) is 8.58. The van der Waals surface area contributed by atoms with Gasteiger partial charge in [0.2, 0.25) is 5.70 Å². The Bertz CT molecular complexity index is 535. The second-order valence-corrected chi connectivity index (χ2v) is 3.28. The van der Waals surface area contributed by atoms with Crippen molar-refractivity contribution in [2.24, 2.45) is 10.2 Å². The molecule has 1 aromatic carbocycles. The molecule has 0 amide bonds. The number of benzene rings is 1. The van der Waals surface area contributed by atoms with Gasteiger partial charge in [-0.1, -0.05) is 0 Å². The lowest BCUT2D eigenvalue weighted by Crippen LogP contribution is -2.04. The van der Waals surface area contributed by atoms with Crippen LogP contribution in [0.3, 0.4) is 0 Å². The molecular formula is C12H11N3O3. The molecule has 6 heteroatoms. The summed E-state index contributed by atoms with van der Waals surface area (Å²) < 4.78 is 4.44. The third-order valence-electron chi connectivity index (χ3n) is 1.98. The Hall–Kier alpha value is -2.68. The second-order valence-electron chi connectivity index (χ2n) is 3.28. The number of rotatable bonds is 3. The van der Waals surface area contributed by atoms with Gasteiger partial charge in [-0.2, -0.15) is 10.4 Å². The van der Waals surface area contributed by atoms with E-state index in [0.717, 1.165) is 0 Å². The highest BCUT2D eigenvalue weighted by molar-refractivity contribution is 5.88. The highest BCUT2D eigenvalue weighted by Gasteiger charge is 2.12. The van der Waals surface area contributed by atoms with Crippen molar-refractivity contribution >= 4 is 11.7 Å². The highest BCUT2D eigenvalue weighted by Crippen LogP contribution is 2.16. The van der Waals surface area contributed by atoms with E-state index < -0.39 is 5.97 Å². The fourth-order valence-electron chi connectivity index (χ4n) is 1.07. The number of azo groups is 1. The molecule has 0 unspecified atom stereocenters. The van der Waals surface area contributed by atoms with Gasteiger partial charge in [-0.05, 0) is 31.2 Å².